The summed E-state index contributed by atoms with van der Waals surface area (Å²) in [6.07, 6.45) is 1.50. The lowest BCUT2D eigenvalue weighted by molar-refractivity contribution is -0.141. The molecule has 110 valence electrons. The number of nitrogens with two attached hydrogens (primary N) is 1. The van der Waals surface area contributed by atoms with Crippen molar-refractivity contribution in [2.24, 2.45) is 5.73 Å². The summed E-state index contributed by atoms with van der Waals surface area (Å²) in [7, 11) is 0. The van der Waals surface area contributed by atoms with Gasteiger partial charge in [-0.2, -0.15) is 0 Å². The van der Waals surface area contributed by atoms with Crippen molar-refractivity contribution >= 4 is 28.7 Å². The molecule has 7 nitrogen and oxygen atoms in total. The van der Waals surface area contributed by atoms with Crippen molar-refractivity contribution in [2.45, 2.75) is 19.5 Å². The molecule has 4 N–H and O–H groups in total. The summed E-state index contributed by atoms with van der Waals surface area (Å²) < 4.78 is 1.60. The standard InChI is InChI=1S/C14H15N3O4/c1-8(18)16-11(14(20)21)7-17-6-10(13(15)19)9-4-2-3-5-12(9)17/h2-6,11H,7H2,1H3,(H2,15,19)(H,16,18)(H,20,21). The zero-order valence-corrected chi connectivity index (χ0v) is 11.4. The van der Waals surface area contributed by atoms with Crippen LogP contribution < -0.4 is 11.1 Å². The molecule has 1 unspecified atom stereocenters. The lowest BCUT2D eigenvalue weighted by Crippen LogP contribution is -2.42. The van der Waals surface area contributed by atoms with E-state index < -0.39 is 23.8 Å². The van der Waals surface area contributed by atoms with Crippen LogP contribution in [0.25, 0.3) is 10.9 Å². The molecule has 1 aromatic carbocycles. The Kier molecular flexibility index (Phi) is 3.93. The van der Waals surface area contributed by atoms with Crippen LogP contribution in [-0.2, 0) is 16.1 Å². The second kappa shape index (κ2) is 5.66. The van der Waals surface area contributed by atoms with Gasteiger partial charge in [-0.1, -0.05) is 18.2 Å². The largest absolute Gasteiger partial charge is 0.480 e. The van der Waals surface area contributed by atoms with Gasteiger partial charge in [0, 0.05) is 24.0 Å². The molecule has 0 saturated carbocycles. The summed E-state index contributed by atoms with van der Waals surface area (Å²) in [4.78, 5) is 33.7. The van der Waals surface area contributed by atoms with Gasteiger partial charge >= 0.3 is 5.97 Å². The van der Waals surface area contributed by atoms with Crippen molar-refractivity contribution in [3.05, 3.63) is 36.0 Å². The highest BCUT2D eigenvalue weighted by molar-refractivity contribution is 6.06. The molecular weight excluding hydrogens is 274 g/mol. The molecule has 2 amide bonds. The maximum atomic E-state index is 11.4. The normalized spacial score (nSPS) is 12.0. The molecule has 0 aliphatic heterocycles. The number of amides is 2. The summed E-state index contributed by atoms with van der Waals surface area (Å²) in [6.45, 7) is 1.25. The SMILES string of the molecule is CC(=O)NC(Cn1cc(C(N)=O)c2ccccc21)C(=O)O. The fourth-order valence-electron chi connectivity index (χ4n) is 2.22. The average Bonchev–Trinajstić information content (AvgIpc) is 2.77. The van der Waals surface area contributed by atoms with Crippen molar-refractivity contribution in [3.63, 3.8) is 0 Å². The lowest BCUT2D eigenvalue weighted by atomic mass is 10.2. The number of primary amides is 1. The number of aromatic nitrogens is 1. The first-order chi connectivity index (χ1) is 9.90. The van der Waals surface area contributed by atoms with Crippen LogP contribution in [0.2, 0.25) is 0 Å². The van der Waals surface area contributed by atoms with Gasteiger partial charge in [-0.15, -0.1) is 0 Å². The number of hydrogen-bond donors (Lipinski definition) is 3. The van der Waals surface area contributed by atoms with Gasteiger partial charge in [-0.05, 0) is 6.07 Å². The zero-order valence-electron chi connectivity index (χ0n) is 11.4. The van der Waals surface area contributed by atoms with Crippen LogP contribution >= 0.6 is 0 Å². The summed E-state index contributed by atoms with van der Waals surface area (Å²) in [5.74, 6) is -2.17. The first-order valence-corrected chi connectivity index (χ1v) is 6.27. The molecule has 2 rings (SSSR count). The number of nitrogens with zero attached hydrogens (tertiary/aromatic N) is 1. The predicted octanol–water partition coefficient (Wildman–Crippen LogP) is 0.329. The first-order valence-electron chi connectivity index (χ1n) is 6.27. The molecule has 2 aromatic rings. The number of carbonyl (C=O) groups is 3. The molecular formula is C14H15N3O4. The summed E-state index contributed by atoms with van der Waals surface area (Å²) >= 11 is 0. The maximum Gasteiger partial charge on any atom is 0.328 e. The second-order valence-corrected chi connectivity index (χ2v) is 4.67. The van der Waals surface area contributed by atoms with Gasteiger partial charge in [0.15, 0.2) is 0 Å². The molecule has 0 radical (unpaired) electrons. The molecule has 1 aromatic heterocycles. The van der Waals surface area contributed by atoms with E-state index in [1.54, 1.807) is 28.8 Å². The summed E-state index contributed by atoms with van der Waals surface area (Å²) in [5.41, 5.74) is 6.33. The topological polar surface area (TPSA) is 114 Å². The number of aliphatic carboxylic acids is 1. The van der Waals surface area contributed by atoms with Crippen LogP contribution in [0, 0.1) is 0 Å². The smallest absolute Gasteiger partial charge is 0.328 e. The number of nitrogens with one attached hydrogen (secondary N) is 1. The van der Waals surface area contributed by atoms with Crippen molar-refractivity contribution in [2.75, 3.05) is 0 Å². The second-order valence-electron chi connectivity index (χ2n) is 4.67. The predicted molar refractivity (Wildman–Crippen MR) is 75.7 cm³/mol. The lowest BCUT2D eigenvalue weighted by Gasteiger charge is -2.14. The van der Waals surface area contributed by atoms with E-state index in [4.69, 9.17) is 10.8 Å². The van der Waals surface area contributed by atoms with Gasteiger partial charge in [0.2, 0.25) is 5.91 Å². The minimum Gasteiger partial charge on any atom is -0.480 e. The Morgan fingerprint density at radius 2 is 2.00 bits per heavy atom. The van der Waals surface area contributed by atoms with Crippen molar-refractivity contribution in [1.29, 1.82) is 0 Å². The van der Waals surface area contributed by atoms with E-state index in [-0.39, 0.29) is 6.54 Å². The molecule has 0 saturated heterocycles. The van der Waals surface area contributed by atoms with Crippen LogP contribution in [0.3, 0.4) is 0 Å². The molecule has 21 heavy (non-hydrogen) atoms. The highest BCUT2D eigenvalue weighted by Crippen LogP contribution is 2.21. The summed E-state index contributed by atoms with van der Waals surface area (Å²) in [6, 6.07) is 5.95. The number of carboxylic acid groups (broad SMARTS) is 1. The molecule has 0 bridgehead atoms. The number of rotatable bonds is 5. The molecule has 7 heteroatoms. The molecule has 0 spiro atoms. The average molecular weight is 289 g/mol. The fourth-order valence-corrected chi connectivity index (χ4v) is 2.22. The Morgan fingerprint density at radius 1 is 1.33 bits per heavy atom. The van der Waals surface area contributed by atoms with Crippen molar-refractivity contribution in [3.8, 4) is 0 Å². The minimum atomic E-state index is -1.15. The van der Waals surface area contributed by atoms with Gasteiger partial charge in [0.1, 0.15) is 6.04 Å². The molecule has 0 fully saturated rings. The maximum absolute atomic E-state index is 11.4. The van der Waals surface area contributed by atoms with Gasteiger partial charge in [0.05, 0.1) is 12.1 Å². The first kappa shape index (κ1) is 14.6. The van der Waals surface area contributed by atoms with E-state index in [1.807, 2.05) is 0 Å². The van der Waals surface area contributed by atoms with Gasteiger partial charge in [0.25, 0.3) is 5.91 Å². The van der Waals surface area contributed by atoms with Crippen LogP contribution in [0.4, 0.5) is 0 Å². The van der Waals surface area contributed by atoms with Crippen molar-refractivity contribution < 1.29 is 19.5 Å². The zero-order chi connectivity index (χ0) is 15.6. The number of fused-ring (bicyclic) bond motifs is 1. The van der Waals surface area contributed by atoms with E-state index in [1.165, 1.54) is 13.1 Å². The highest BCUT2D eigenvalue weighted by Gasteiger charge is 2.21. The fraction of sp³-hybridized carbons (Fsp3) is 0.214. The van der Waals surface area contributed by atoms with Crippen LogP contribution in [-0.4, -0.2) is 33.5 Å². The highest BCUT2D eigenvalue weighted by atomic mass is 16.4. The van der Waals surface area contributed by atoms with Crippen molar-refractivity contribution in [1.82, 2.24) is 9.88 Å². The molecule has 1 heterocycles. The Morgan fingerprint density at radius 3 is 2.57 bits per heavy atom. The third-order valence-corrected chi connectivity index (χ3v) is 3.11. The Hall–Kier alpha value is -2.83. The quantitative estimate of drug-likeness (QED) is 0.735. The minimum absolute atomic E-state index is 0.00269. The van der Waals surface area contributed by atoms with Gasteiger partial charge in [-0.25, -0.2) is 4.79 Å². The number of carboxylic acids is 1. The number of hydrogen-bond acceptors (Lipinski definition) is 3. The molecule has 1 atom stereocenters. The van der Waals surface area contributed by atoms with E-state index in [0.29, 0.717) is 16.5 Å². The van der Waals surface area contributed by atoms with Gasteiger partial charge in [-0.3, -0.25) is 9.59 Å². The Labute approximate surface area is 120 Å². The number of para-hydroxylation sites is 1. The van der Waals surface area contributed by atoms with Crippen LogP contribution in [0.5, 0.6) is 0 Å². The van der Waals surface area contributed by atoms with Crippen LogP contribution in [0.1, 0.15) is 17.3 Å². The Balaban J connectivity index is 2.44. The number of carbonyl (C=O) groups excluding carboxylic acids is 2. The monoisotopic (exact) mass is 289 g/mol. The Bertz CT molecular complexity index is 720. The molecule has 0 aliphatic carbocycles. The third kappa shape index (κ3) is 3.02. The molecule has 0 aliphatic rings. The van der Waals surface area contributed by atoms with Gasteiger partial charge < -0.3 is 20.7 Å². The third-order valence-electron chi connectivity index (χ3n) is 3.11. The number of benzene rings is 1. The van der Waals surface area contributed by atoms with E-state index in [9.17, 15) is 14.4 Å². The van der Waals surface area contributed by atoms with E-state index >= 15 is 0 Å². The van der Waals surface area contributed by atoms with Crippen LogP contribution in [0.15, 0.2) is 30.5 Å². The van der Waals surface area contributed by atoms with E-state index in [0.717, 1.165) is 0 Å². The summed E-state index contributed by atoms with van der Waals surface area (Å²) in [5, 5.41) is 12.2. The van der Waals surface area contributed by atoms with E-state index in [2.05, 4.69) is 5.32 Å².